The standard InChI is InChI=1S/C14H12FN3S2/c15-7-5-17-6-10-11(7)12(13(16)19-10)14-18-8-3-1-2-4-9(8)20-14/h1-4,7,17H,5-6,16H2. The number of thiazole rings is 1. The quantitative estimate of drug-likeness (QED) is 0.720. The van der Waals surface area contributed by atoms with Crippen LogP contribution in [0.4, 0.5) is 9.39 Å². The average molecular weight is 305 g/mol. The van der Waals surface area contributed by atoms with Gasteiger partial charge in [0.2, 0.25) is 0 Å². The molecule has 1 aromatic carbocycles. The Kier molecular flexibility index (Phi) is 2.76. The van der Waals surface area contributed by atoms with Gasteiger partial charge in [-0.1, -0.05) is 12.1 Å². The van der Waals surface area contributed by atoms with Crippen molar-refractivity contribution in [3.63, 3.8) is 0 Å². The highest BCUT2D eigenvalue weighted by Crippen LogP contribution is 2.46. The maximum Gasteiger partial charge on any atom is 0.139 e. The third-order valence-electron chi connectivity index (χ3n) is 3.48. The third-order valence-corrected chi connectivity index (χ3v) is 5.57. The number of para-hydroxylation sites is 1. The van der Waals surface area contributed by atoms with Crippen molar-refractivity contribution in [1.29, 1.82) is 0 Å². The maximum absolute atomic E-state index is 14.3. The monoisotopic (exact) mass is 305 g/mol. The molecule has 3 nitrogen and oxygen atoms in total. The molecule has 0 bridgehead atoms. The zero-order valence-electron chi connectivity index (χ0n) is 10.5. The van der Waals surface area contributed by atoms with Crippen LogP contribution in [-0.4, -0.2) is 11.5 Å². The molecule has 0 saturated carbocycles. The molecule has 0 aliphatic carbocycles. The molecule has 3 aromatic rings. The van der Waals surface area contributed by atoms with E-state index in [2.05, 4.69) is 10.3 Å². The molecule has 1 atom stereocenters. The van der Waals surface area contributed by atoms with Gasteiger partial charge >= 0.3 is 0 Å². The molecule has 6 heteroatoms. The molecule has 0 spiro atoms. The van der Waals surface area contributed by atoms with E-state index in [1.165, 1.54) is 11.3 Å². The minimum atomic E-state index is -1.01. The normalized spacial score (nSPS) is 18.4. The van der Waals surface area contributed by atoms with Crippen molar-refractivity contribution in [3.05, 3.63) is 34.7 Å². The van der Waals surface area contributed by atoms with Crippen LogP contribution in [-0.2, 0) is 6.54 Å². The van der Waals surface area contributed by atoms with Crippen LogP contribution in [0.1, 0.15) is 16.6 Å². The van der Waals surface area contributed by atoms with Gasteiger partial charge in [0.15, 0.2) is 0 Å². The zero-order chi connectivity index (χ0) is 13.7. The summed E-state index contributed by atoms with van der Waals surface area (Å²) in [7, 11) is 0. The summed E-state index contributed by atoms with van der Waals surface area (Å²) in [5.74, 6) is 0. The van der Waals surface area contributed by atoms with Crippen molar-refractivity contribution < 1.29 is 4.39 Å². The van der Waals surface area contributed by atoms with Crippen LogP contribution in [0.5, 0.6) is 0 Å². The van der Waals surface area contributed by atoms with Crippen LogP contribution >= 0.6 is 22.7 Å². The van der Waals surface area contributed by atoms with Crippen molar-refractivity contribution in [3.8, 4) is 10.6 Å². The lowest BCUT2D eigenvalue weighted by molar-refractivity contribution is 0.313. The lowest BCUT2D eigenvalue weighted by Crippen LogP contribution is -2.24. The maximum atomic E-state index is 14.3. The second-order valence-corrected chi connectivity index (χ2v) is 6.93. The summed E-state index contributed by atoms with van der Waals surface area (Å²) >= 11 is 3.04. The Balaban J connectivity index is 1.95. The molecule has 3 heterocycles. The first kappa shape index (κ1) is 12.3. The molecule has 2 aromatic heterocycles. The Hall–Kier alpha value is -1.50. The molecule has 1 aliphatic heterocycles. The predicted octanol–water partition coefficient (Wildman–Crippen LogP) is 3.72. The van der Waals surface area contributed by atoms with E-state index in [-0.39, 0.29) is 0 Å². The summed E-state index contributed by atoms with van der Waals surface area (Å²) in [6.45, 7) is 1.04. The second-order valence-electron chi connectivity index (χ2n) is 4.76. The highest BCUT2D eigenvalue weighted by atomic mass is 32.1. The van der Waals surface area contributed by atoms with Crippen LogP contribution in [0.15, 0.2) is 24.3 Å². The van der Waals surface area contributed by atoms with Gasteiger partial charge < -0.3 is 11.1 Å². The van der Waals surface area contributed by atoms with Gasteiger partial charge in [0.1, 0.15) is 11.2 Å². The Morgan fingerprint density at radius 3 is 3.00 bits per heavy atom. The number of hydrogen-bond acceptors (Lipinski definition) is 5. The number of nitrogens with two attached hydrogens (primary N) is 1. The van der Waals surface area contributed by atoms with Crippen LogP contribution in [0, 0.1) is 0 Å². The van der Waals surface area contributed by atoms with Crippen LogP contribution in [0.3, 0.4) is 0 Å². The van der Waals surface area contributed by atoms with Gasteiger partial charge in [-0.25, -0.2) is 9.37 Å². The number of halogens is 1. The van der Waals surface area contributed by atoms with Gasteiger partial charge in [-0.15, -0.1) is 22.7 Å². The number of nitrogens with one attached hydrogen (secondary N) is 1. The highest BCUT2D eigenvalue weighted by Gasteiger charge is 2.29. The Bertz CT molecular complexity index is 760. The first-order valence-corrected chi connectivity index (χ1v) is 7.99. The molecule has 3 N–H and O–H groups in total. The van der Waals surface area contributed by atoms with Crippen LogP contribution in [0.25, 0.3) is 20.8 Å². The smallest absolute Gasteiger partial charge is 0.139 e. The van der Waals surface area contributed by atoms with Crippen molar-refractivity contribution in [2.75, 3.05) is 12.3 Å². The molecule has 1 unspecified atom stereocenters. The van der Waals surface area contributed by atoms with E-state index in [0.29, 0.717) is 18.1 Å². The van der Waals surface area contributed by atoms with Gasteiger partial charge in [-0.05, 0) is 12.1 Å². The number of alkyl halides is 1. The summed E-state index contributed by atoms with van der Waals surface area (Å²) < 4.78 is 15.4. The zero-order valence-corrected chi connectivity index (χ0v) is 12.2. The molecular weight excluding hydrogens is 293 g/mol. The van der Waals surface area contributed by atoms with Crippen LogP contribution < -0.4 is 11.1 Å². The van der Waals surface area contributed by atoms with E-state index in [0.717, 1.165) is 31.2 Å². The number of fused-ring (bicyclic) bond motifs is 2. The fraction of sp³-hybridized carbons (Fsp3) is 0.214. The number of thiophene rings is 1. The Morgan fingerprint density at radius 2 is 2.15 bits per heavy atom. The average Bonchev–Trinajstić information content (AvgIpc) is 2.99. The third kappa shape index (κ3) is 1.76. The van der Waals surface area contributed by atoms with Gasteiger partial charge in [0.05, 0.1) is 20.8 Å². The van der Waals surface area contributed by atoms with Gasteiger partial charge in [-0.3, -0.25) is 0 Å². The van der Waals surface area contributed by atoms with Gasteiger partial charge in [0.25, 0.3) is 0 Å². The highest BCUT2D eigenvalue weighted by molar-refractivity contribution is 7.22. The number of anilines is 1. The second kappa shape index (κ2) is 4.51. The minimum absolute atomic E-state index is 0.348. The largest absolute Gasteiger partial charge is 0.390 e. The molecule has 1 aliphatic rings. The van der Waals surface area contributed by atoms with Crippen molar-refractivity contribution in [2.24, 2.45) is 0 Å². The molecular formula is C14H12FN3S2. The lowest BCUT2D eigenvalue weighted by atomic mass is 10.0. The fourth-order valence-corrected chi connectivity index (χ4v) is 4.78. The van der Waals surface area contributed by atoms with E-state index < -0.39 is 6.17 Å². The number of nitrogen functional groups attached to an aromatic ring is 1. The topological polar surface area (TPSA) is 50.9 Å². The summed E-state index contributed by atoms with van der Waals surface area (Å²) in [6.07, 6.45) is -1.01. The van der Waals surface area contributed by atoms with E-state index in [1.807, 2.05) is 24.3 Å². The SMILES string of the molecule is Nc1sc2c(c1-c1nc3ccccc3s1)C(F)CNC2. The number of nitrogens with zero attached hydrogens (tertiary/aromatic N) is 1. The summed E-state index contributed by atoms with van der Waals surface area (Å²) in [5, 5.41) is 4.56. The van der Waals surface area contributed by atoms with Crippen molar-refractivity contribution >= 4 is 37.9 Å². The predicted molar refractivity (Wildman–Crippen MR) is 82.9 cm³/mol. The number of aromatic nitrogens is 1. The van der Waals surface area contributed by atoms with Gasteiger partial charge in [-0.2, -0.15) is 0 Å². The van der Waals surface area contributed by atoms with E-state index in [1.54, 1.807) is 11.3 Å². The fourth-order valence-electron chi connectivity index (χ4n) is 2.59. The van der Waals surface area contributed by atoms with Crippen molar-refractivity contribution in [2.45, 2.75) is 12.7 Å². The van der Waals surface area contributed by atoms with Crippen LogP contribution in [0.2, 0.25) is 0 Å². The number of hydrogen-bond donors (Lipinski definition) is 2. The minimum Gasteiger partial charge on any atom is -0.390 e. The number of benzene rings is 1. The molecule has 0 saturated heterocycles. The molecule has 4 rings (SSSR count). The molecule has 102 valence electrons. The van der Waals surface area contributed by atoms with Gasteiger partial charge in [0, 0.05) is 23.5 Å². The molecule has 0 amide bonds. The molecule has 0 radical (unpaired) electrons. The summed E-state index contributed by atoms with van der Waals surface area (Å²) in [5.41, 5.74) is 8.62. The van der Waals surface area contributed by atoms with E-state index in [4.69, 9.17) is 5.73 Å². The summed E-state index contributed by atoms with van der Waals surface area (Å²) in [6, 6.07) is 7.94. The number of rotatable bonds is 1. The van der Waals surface area contributed by atoms with E-state index >= 15 is 0 Å². The van der Waals surface area contributed by atoms with Crippen molar-refractivity contribution in [1.82, 2.24) is 10.3 Å². The van der Waals surface area contributed by atoms with E-state index in [9.17, 15) is 4.39 Å². The molecule has 20 heavy (non-hydrogen) atoms. The first-order chi connectivity index (χ1) is 9.74. The Morgan fingerprint density at radius 1 is 1.30 bits per heavy atom. The lowest BCUT2D eigenvalue weighted by Gasteiger charge is -2.17. The molecule has 0 fully saturated rings. The first-order valence-electron chi connectivity index (χ1n) is 6.36. The summed E-state index contributed by atoms with van der Waals surface area (Å²) in [4.78, 5) is 5.61. The Labute approximate surface area is 123 Å².